The lowest BCUT2D eigenvalue weighted by Crippen LogP contribution is -2.43. The Morgan fingerprint density at radius 3 is 2.11 bits per heavy atom. The second-order valence-corrected chi connectivity index (χ2v) is 7.29. The molecule has 5 nitrogen and oxygen atoms in total. The quantitative estimate of drug-likeness (QED) is 0.395. The molecular formula is C21H16BrClN2O3. The van der Waals surface area contributed by atoms with Gasteiger partial charge in [0.1, 0.15) is 5.75 Å². The van der Waals surface area contributed by atoms with Crippen molar-refractivity contribution in [1.82, 2.24) is 5.43 Å². The molecule has 3 N–H and O–H groups in total. The predicted octanol–water partition coefficient (Wildman–Crippen LogP) is 4.19. The number of halogens is 2. The smallest absolute Gasteiger partial charge is 0.281 e. The summed E-state index contributed by atoms with van der Waals surface area (Å²) in [5.41, 5.74) is 1.53. The van der Waals surface area contributed by atoms with E-state index in [1.54, 1.807) is 66.7 Å². The van der Waals surface area contributed by atoms with Gasteiger partial charge in [-0.3, -0.25) is 4.79 Å². The zero-order valence-electron chi connectivity index (χ0n) is 14.5. The molecule has 0 aliphatic heterocycles. The summed E-state index contributed by atoms with van der Waals surface area (Å²) in [5, 5.41) is 25.3. The molecule has 0 aliphatic rings. The van der Waals surface area contributed by atoms with E-state index >= 15 is 0 Å². The van der Waals surface area contributed by atoms with E-state index in [2.05, 4.69) is 26.5 Å². The van der Waals surface area contributed by atoms with Gasteiger partial charge < -0.3 is 10.2 Å². The van der Waals surface area contributed by atoms with Gasteiger partial charge in [0.25, 0.3) is 5.91 Å². The third-order valence-corrected chi connectivity index (χ3v) is 4.89. The van der Waals surface area contributed by atoms with Crippen LogP contribution in [0.5, 0.6) is 5.75 Å². The van der Waals surface area contributed by atoms with E-state index in [9.17, 15) is 15.0 Å². The molecule has 0 radical (unpaired) electrons. The Bertz CT molecular complexity index is 971. The monoisotopic (exact) mass is 458 g/mol. The molecule has 0 aliphatic carbocycles. The molecule has 142 valence electrons. The molecule has 0 heterocycles. The first-order valence-corrected chi connectivity index (χ1v) is 9.45. The molecule has 0 bridgehead atoms. The Balaban J connectivity index is 1.91. The van der Waals surface area contributed by atoms with E-state index in [-0.39, 0.29) is 10.8 Å². The van der Waals surface area contributed by atoms with Gasteiger partial charge in [0.2, 0.25) is 0 Å². The zero-order chi connectivity index (χ0) is 20.1. The Hall–Kier alpha value is -2.67. The fraction of sp³-hybridized carbons (Fsp3) is 0.0476. The van der Waals surface area contributed by atoms with E-state index in [0.717, 1.165) is 0 Å². The van der Waals surface area contributed by atoms with Crippen LogP contribution in [0.15, 0.2) is 82.4 Å². The minimum Gasteiger partial charge on any atom is -0.506 e. The van der Waals surface area contributed by atoms with Gasteiger partial charge in [-0.05, 0) is 23.3 Å². The van der Waals surface area contributed by atoms with Gasteiger partial charge in [0.15, 0.2) is 5.60 Å². The van der Waals surface area contributed by atoms with Gasteiger partial charge in [0, 0.05) is 10.0 Å². The Morgan fingerprint density at radius 1 is 1.04 bits per heavy atom. The highest BCUT2D eigenvalue weighted by Gasteiger charge is 2.39. The molecule has 0 fully saturated rings. The highest BCUT2D eigenvalue weighted by molar-refractivity contribution is 9.10. The SMILES string of the molecule is O=C(NN=Cc1cc(Br)cc(Cl)c1O)C(O)(c1ccccc1)c1ccccc1. The number of phenols is 1. The number of aliphatic hydroxyl groups is 1. The van der Waals surface area contributed by atoms with Crippen molar-refractivity contribution >= 4 is 39.7 Å². The average molecular weight is 460 g/mol. The van der Waals surface area contributed by atoms with Crippen molar-refractivity contribution in [2.75, 3.05) is 0 Å². The van der Waals surface area contributed by atoms with Crippen LogP contribution in [0.25, 0.3) is 0 Å². The Labute approximate surface area is 175 Å². The lowest BCUT2D eigenvalue weighted by Gasteiger charge is -2.27. The molecule has 28 heavy (non-hydrogen) atoms. The molecule has 7 heteroatoms. The largest absolute Gasteiger partial charge is 0.506 e. The fourth-order valence-electron chi connectivity index (χ4n) is 2.71. The summed E-state index contributed by atoms with van der Waals surface area (Å²) in [6.45, 7) is 0. The van der Waals surface area contributed by atoms with Crippen molar-refractivity contribution in [2.45, 2.75) is 5.60 Å². The van der Waals surface area contributed by atoms with Crippen molar-refractivity contribution in [2.24, 2.45) is 5.10 Å². The molecule has 0 atom stereocenters. The standard InChI is InChI=1S/C21H16BrClN2O3/c22-17-11-14(19(26)18(23)12-17)13-24-25-20(27)21(28,15-7-3-1-4-8-15)16-9-5-2-6-10-16/h1-13,26,28H,(H,25,27). The number of nitrogens with zero attached hydrogens (tertiary/aromatic N) is 1. The number of nitrogens with one attached hydrogen (secondary N) is 1. The third kappa shape index (κ3) is 4.09. The lowest BCUT2D eigenvalue weighted by molar-refractivity contribution is -0.136. The summed E-state index contributed by atoms with van der Waals surface area (Å²) < 4.78 is 0.646. The number of amides is 1. The van der Waals surface area contributed by atoms with Crippen LogP contribution in [-0.2, 0) is 10.4 Å². The molecule has 0 saturated carbocycles. The van der Waals surface area contributed by atoms with E-state index in [0.29, 0.717) is 21.2 Å². The molecular weight excluding hydrogens is 444 g/mol. The number of hydrogen-bond donors (Lipinski definition) is 3. The zero-order valence-corrected chi connectivity index (χ0v) is 16.9. The summed E-state index contributed by atoms with van der Waals surface area (Å²) in [6.07, 6.45) is 1.25. The van der Waals surface area contributed by atoms with Crippen LogP contribution in [0, 0.1) is 0 Å². The fourth-order valence-corrected chi connectivity index (χ4v) is 3.55. The summed E-state index contributed by atoms with van der Waals surface area (Å²) in [5.74, 6) is -0.897. The van der Waals surface area contributed by atoms with Crippen LogP contribution in [0.1, 0.15) is 16.7 Å². The van der Waals surface area contributed by atoms with Gasteiger partial charge in [-0.25, -0.2) is 5.43 Å². The maximum absolute atomic E-state index is 12.9. The molecule has 0 aromatic heterocycles. The van der Waals surface area contributed by atoms with Gasteiger partial charge in [-0.1, -0.05) is 88.2 Å². The summed E-state index contributed by atoms with van der Waals surface area (Å²) >= 11 is 9.20. The molecule has 1 amide bonds. The summed E-state index contributed by atoms with van der Waals surface area (Å²) in [4.78, 5) is 12.9. The highest BCUT2D eigenvalue weighted by atomic mass is 79.9. The minimum absolute atomic E-state index is 0.146. The van der Waals surface area contributed by atoms with E-state index in [1.165, 1.54) is 12.3 Å². The number of hydrogen-bond acceptors (Lipinski definition) is 4. The van der Waals surface area contributed by atoms with Crippen molar-refractivity contribution in [1.29, 1.82) is 0 Å². The number of phenolic OH excluding ortho intramolecular Hbond substituents is 1. The number of carbonyl (C=O) groups excluding carboxylic acids is 1. The highest BCUT2D eigenvalue weighted by Crippen LogP contribution is 2.31. The molecule has 3 aromatic rings. The van der Waals surface area contributed by atoms with Crippen molar-refractivity contribution in [3.63, 3.8) is 0 Å². The van der Waals surface area contributed by atoms with Crippen molar-refractivity contribution in [3.8, 4) is 5.75 Å². The molecule has 3 rings (SSSR count). The molecule has 0 unspecified atom stereocenters. The maximum atomic E-state index is 12.9. The van der Waals surface area contributed by atoms with Gasteiger partial charge in [-0.2, -0.15) is 5.10 Å². The van der Waals surface area contributed by atoms with E-state index in [1.807, 2.05) is 0 Å². The maximum Gasteiger partial charge on any atom is 0.281 e. The van der Waals surface area contributed by atoms with Gasteiger partial charge >= 0.3 is 0 Å². The normalized spacial score (nSPS) is 11.5. The lowest BCUT2D eigenvalue weighted by atomic mass is 9.85. The first kappa shape index (κ1) is 20.1. The van der Waals surface area contributed by atoms with Crippen LogP contribution in [-0.4, -0.2) is 22.3 Å². The van der Waals surface area contributed by atoms with Crippen LogP contribution in [0.3, 0.4) is 0 Å². The predicted molar refractivity (Wildman–Crippen MR) is 112 cm³/mol. The number of rotatable bonds is 5. The minimum atomic E-state index is -1.93. The van der Waals surface area contributed by atoms with E-state index in [4.69, 9.17) is 11.6 Å². The van der Waals surface area contributed by atoms with Gasteiger partial charge in [0.05, 0.1) is 11.2 Å². The van der Waals surface area contributed by atoms with Crippen molar-refractivity contribution < 1.29 is 15.0 Å². The molecule has 3 aromatic carbocycles. The van der Waals surface area contributed by atoms with Crippen LogP contribution in [0.4, 0.5) is 0 Å². The topological polar surface area (TPSA) is 81.9 Å². The second-order valence-electron chi connectivity index (χ2n) is 5.97. The summed E-state index contributed by atoms with van der Waals surface area (Å²) in [6, 6.07) is 20.3. The second kappa shape index (κ2) is 8.56. The molecule has 0 spiro atoms. The Kier molecular flexibility index (Phi) is 6.14. The number of benzene rings is 3. The average Bonchev–Trinajstić information content (AvgIpc) is 2.72. The van der Waals surface area contributed by atoms with Crippen LogP contribution in [0.2, 0.25) is 5.02 Å². The first-order valence-electron chi connectivity index (χ1n) is 8.28. The number of hydrazone groups is 1. The first-order chi connectivity index (χ1) is 13.4. The third-order valence-electron chi connectivity index (χ3n) is 4.14. The van der Waals surface area contributed by atoms with Gasteiger partial charge in [-0.15, -0.1) is 0 Å². The van der Waals surface area contributed by atoms with E-state index < -0.39 is 11.5 Å². The molecule has 0 saturated heterocycles. The number of aromatic hydroxyl groups is 1. The van der Waals surface area contributed by atoms with Crippen molar-refractivity contribution in [3.05, 3.63) is 99.0 Å². The number of carbonyl (C=O) groups is 1. The Morgan fingerprint density at radius 2 is 1.57 bits per heavy atom. The summed E-state index contributed by atoms with van der Waals surface area (Å²) in [7, 11) is 0. The van der Waals surface area contributed by atoms with Crippen LogP contribution < -0.4 is 5.43 Å². The van der Waals surface area contributed by atoms with Crippen LogP contribution >= 0.6 is 27.5 Å².